The second-order valence-electron chi connectivity index (χ2n) is 5.72. The third-order valence-electron chi connectivity index (χ3n) is 4.40. The number of carbonyl (C=O) groups is 1. The Morgan fingerprint density at radius 1 is 1.35 bits per heavy atom. The van der Waals surface area contributed by atoms with E-state index in [2.05, 4.69) is 31.7 Å². The van der Waals surface area contributed by atoms with Gasteiger partial charge in [-0.25, -0.2) is 0 Å². The molecule has 0 bridgehead atoms. The van der Waals surface area contributed by atoms with Crippen molar-refractivity contribution in [3.8, 4) is 0 Å². The molecule has 0 aliphatic carbocycles. The number of hydrogen-bond acceptors (Lipinski definition) is 2. The smallest absolute Gasteiger partial charge is 0.252 e. The number of fused-ring (bicyclic) bond motifs is 1. The molecule has 1 saturated heterocycles. The van der Waals surface area contributed by atoms with Crippen LogP contribution in [0.1, 0.15) is 36.9 Å². The summed E-state index contributed by atoms with van der Waals surface area (Å²) in [4.78, 5) is 14.6. The minimum absolute atomic E-state index is 0.118. The quantitative estimate of drug-likeness (QED) is 0.735. The minimum Gasteiger partial charge on any atom is -0.368 e. The van der Waals surface area contributed by atoms with Gasteiger partial charge in [-0.3, -0.25) is 4.79 Å². The van der Waals surface area contributed by atoms with Gasteiger partial charge < -0.3 is 9.64 Å². The van der Waals surface area contributed by atoms with E-state index in [-0.39, 0.29) is 18.1 Å². The van der Waals surface area contributed by atoms with Gasteiger partial charge in [0, 0.05) is 13.0 Å². The van der Waals surface area contributed by atoms with Crippen LogP contribution in [0.25, 0.3) is 0 Å². The Bertz CT molecular complexity index is 538. The van der Waals surface area contributed by atoms with Crippen LogP contribution in [0.5, 0.6) is 0 Å². The molecule has 1 amide bonds. The first kappa shape index (κ1) is 13.4. The first-order chi connectivity index (χ1) is 9.66. The molecule has 3 nitrogen and oxygen atoms in total. The Kier molecular flexibility index (Phi) is 3.62. The van der Waals surface area contributed by atoms with Crippen LogP contribution in [-0.4, -0.2) is 30.1 Å². The maximum atomic E-state index is 12.7. The van der Waals surface area contributed by atoms with Crippen LogP contribution in [0.4, 0.5) is 0 Å². The molecule has 0 aromatic heterocycles. The normalized spacial score (nSPS) is 26.2. The first-order valence-corrected chi connectivity index (χ1v) is 7.33. The van der Waals surface area contributed by atoms with Crippen molar-refractivity contribution in [3.05, 3.63) is 47.5 Å². The topological polar surface area (TPSA) is 29.5 Å². The number of hydrogen-bond donors (Lipinski definition) is 0. The lowest BCUT2D eigenvalue weighted by molar-refractivity contribution is -0.147. The van der Waals surface area contributed by atoms with E-state index in [1.165, 1.54) is 11.1 Å². The van der Waals surface area contributed by atoms with E-state index < -0.39 is 0 Å². The van der Waals surface area contributed by atoms with Crippen LogP contribution in [0.2, 0.25) is 0 Å². The molecule has 0 spiro atoms. The van der Waals surface area contributed by atoms with Crippen LogP contribution >= 0.6 is 0 Å². The molecule has 0 radical (unpaired) electrons. The summed E-state index contributed by atoms with van der Waals surface area (Å²) in [7, 11) is 0. The molecule has 0 saturated carbocycles. The molecule has 2 aliphatic heterocycles. The molecular weight excluding hydrogens is 250 g/mol. The van der Waals surface area contributed by atoms with E-state index in [9.17, 15) is 4.79 Å². The second-order valence-corrected chi connectivity index (χ2v) is 5.72. The first-order valence-electron chi connectivity index (χ1n) is 7.33. The Morgan fingerprint density at radius 3 is 2.95 bits per heavy atom. The largest absolute Gasteiger partial charge is 0.368 e. The van der Waals surface area contributed by atoms with Crippen molar-refractivity contribution < 1.29 is 9.53 Å². The number of nitrogens with zero attached hydrogens (tertiary/aromatic N) is 1. The highest BCUT2D eigenvalue weighted by Crippen LogP contribution is 2.31. The summed E-state index contributed by atoms with van der Waals surface area (Å²) in [5.74, 6) is 0.118. The Morgan fingerprint density at radius 2 is 2.15 bits per heavy atom. The summed E-state index contributed by atoms with van der Waals surface area (Å²) in [5, 5.41) is 0. The van der Waals surface area contributed by atoms with Gasteiger partial charge in [-0.05, 0) is 30.9 Å². The highest BCUT2D eigenvalue weighted by atomic mass is 16.5. The molecule has 0 unspecified atom stereocenters. The van der Waals surface area contributed by atoms with Crippen molar-refractivity contribution in [2.45, 2.75) is 38.3 Å². The summed E-state index contributed by atoms with van der Waals surface area (Å²) in [6.45, 7) is 7.50. The van der Waals surface area contributed by atoms with Gasteiger partial charge in [-0.2, -0.15) is 0 Å². The Balaban J connectivity index is 1.78. The number of benzene rings is 1. The highest BCUT2D eigenvalue weighted by Gasteiger charge is 2.33. The van der Waals surface area contributed by atoms with E-state index in [1.807, 2.05) is 11.0 Å². The number of rotatable bonds is 1. The van der Waals surface area contributed by atoms with Crippen LogP contribution in [0.3, 0.4) is 0 Å². The summed E-state index contributed by atoms with van der Waals surface area (Å²) >= 11 is 0. The predicted molar refractivity (Wildman–Crippen MR) is 78.4 cm³/mol. The molecule has 3 heteroatoms. The predicted octanol–water partition coefficient (Wildman–Crippen LogP) is 2.87. The van der Waals surface area contributed by atoms with Crippen molar-refractivity contribution >= 4 is 5.91 Å². The zero-order valence-electron chi connectivity index (χ0n) is 12.0. The number of carbonyl (C=O) groups excluding carboxylic acids is 1. The van der Waals surface area contributed by atoms with Crippen LogP contribution in [-0.2, 0) is 16.0 Å². The average molecular weight is 271 g/mol. The van der Waals surface area contributed by atoms with Gasteiger partial charge in [-0.1, -0.05) is 36.4 Å². The van der Waals surface area contributed by atoms with Gasteiger partial charge in [0.15, 0.2) is 0 Å². The molecule has 1 fully saturated rings. The average Bonchev–Trinajstić information content (AvgIpc) is 2.47. The molecule has 3 rings (SSSR count). The van der Waals surface area contributed by atoms with Crippen molar-refractivity contribution in [1.82, 2.24) is 4.90 Å². The van der Waals surface area contributed by atoms with Crippen molar-refractivity contribution in [1.29, 1.82) is 0 Å². The summed E-state index contributed by atoms with van der Waals surface area (Å²) in [5.41, 5.74) is 3.75. The third-order valence-corrected chi connectivity index (χ3v) is 4.40. The SMILES string of the molecule is C=C1CCO[C@@H](C(=O)N2CCc3ccccc3[C@@H]2C)C1. The fourth-order valence-electron chi connectivity index (χ4n) is 3.19. The van der Waals surface area contributed by atoms with Gasteiger partial charge >= 0.3 is 0 Å². The van der Waals surface area contributed by atoms with E-state index in [0.717, 1.165) is 25.0 Å². The van der Waals surface area contributed by atoms with Crippen molar-refractivity contribution in [2.75, 3.05) is 13.2 Å². The van der Waals surface area contributed by atoms with Gasteiger partial charge in [0.2, 0.25) is 0 Å². The maximum Gasteiger partial charge on any atom is 0.252 e. The Hall–Kier alpha value is -1.61. The molecule has 20 heavy (non-hydrogen) atoms. The molecule has 1 aromatic carbocycles. The van der Waals surface area contributed by atoms with Crippen molar-refractivity contribution in [3.63, 3.8) is 0 Å². The zero-order chi connectivity index (χ0) is 14.1. The minimum atomic E-state index is -0.330. The lowest BCUT2D eigenvalue weighted by Gasteiger charge is -2.38. The molecule has 1 aromatic rings. The molecule has 2 heterocycles. The van der Waals surface area contributed by atoms with E-state index in [1.54, 1.807) is 0 Å². The zero-order valence-corrected chi connectivity index (χ0v) is 12.0. The van der Waals surface area contributed by atoms with Gasteiger partial charge in [0.25, 0.3) is 5.91 Å². The lowest BCUT2D eigenvalue weighted by Crippen LogP contribution is -2.46. The monoisotopic (exact) mass is 271 g/mol. The molecular formula is C17H21NO2. The molecule has 106 valence electrons. The van der Waals surface area contributed by atoms with E-state index in [4.69, 9.17) is 4.74 Å². The lowest BCUT2D eigenvalue weighted by atomic mass is 9.92. The summed E-state index contributed by atoms with van der Waals surface area (Å²) in [6, 6.07) is 8.53. The van der Waals surface area contributed by atoms with E-state index in [0.29, 0.717) is 13.0 Å². The summed E-state index contributed by atoms with van der Waals surface area (Å²) < 4.78 is 5.65. The standard InChI is InChI=1S/C17H21NO2/c1-12-8-10-20-16(11-12)17(19)18-9-7-14-5-3-4-6-15(14)13(18)2/h3-6,13,16H,1,7-11H2,2H3/t13-,16+/m0/s1. The molecule has 2 aliphatic rings. The van der Waals surface area contributed by atoms with Crippen LogP contribution in [0.15, 0.2) is 36.4 Å². The fourth-order valence-corrected chi connectivity index (χ4v) is 3.19. The van der Waals surface area contributed by atoms with Crippen LogP contribution in [0, 0.1) is 0 Å². The molecule has 0 N–H and O–H groups in total. The van der Waals surface area contributed by atoms with Gasteiger partial charge in [0.05, 0.1) is 12.6 Å². The summed E-state index contributed by atoms with van der Waals surface area (Å²) in [6.07, 6.45) is 2.15. The number of ether oxygens (including phenoxy) is 1. The molecule has 2 atom stereocenters. The van der Waals surface area contributed by atoms with E-state index >= 15 is 0 Å². The third kappa shape index (κ3) is 2.38. The Labute approximate surface area is 120 Å². The van der Waals surface area contributed by atoms with Gasteiger partial charge in [-0.15, -0.1) is 0 Å². The van der Waals surface area contributed by atoms with Gasteiger partial charge in [0.1, 0.15) is 6.10 Å². The van der Waals surface area contributed by atoms with Crippen LogP contribution < -0.4 is 0 Å². The maximum absolute atomic E-state index is 12.7. The van der Waals surface area contributed by atoms with Crippen molar-refractivity contribution in [2.24, 2.45) is 0 Å². The fraction of sp³-hybridized carbons (Fsp3) is 0.471. The number of amides is 1. The highest BCUT2D eigenvalue weighted by molar-refractivity contribution is 5.82. The second kappa shape index (κ2) is 5.41.